The van der Waals surface area contributed by atoms with Crippen molar-refractivity contribution in [3.05, 3.63) is 12.7 Å². The largest absolute Gasteiger partial charge is 0.339 e. The van der Waals surface area contributed by atoms with Crippen LogP contribution in [0, 0.1) is 17.8 Å². The molecule has 2 rings (SSSR count). The molecular weight excluding hydrogens is 378 g/mol. The van der Waals surface area contributed by atoms with Crippen LogP contribution in [0.25, 0.3) is 0 Å². The Hall–Kier alpha value is -0.790. The summed E-state index contributed by atoms with van der Waals surface area (Å²) in [6, 6.07) is 0. The minimum absolute atomic E-state index is 0.353. The lowest BCUT2D eigenvalue weighted by atomic mass is 9.79. The van der Waals surface area contributed by atoms with E-state index < -0.39 is 0 Å². The second kappa shape index (κ2) is 16.8. The minimum atomic E-state index is 0.353. The molecule has 0 bridgehead atoms. The quantitative estimate of drug-likeness (QED) is 0.177. The Morgan fingerprint density at radius 1 is 0.774 bits per heavy atom. The molecule has 0 spiro atoms. The predicted octanol–water partition coefficient (Wildman–Crippen LogP) is 8.70. The predicted molar refractivity (Wildman–Crippen MR) is 135 cm³/mol. The molecule has 0 aromatic carbocycles. The number of nitrogens with zero attached hydrogens (tertiary/aromatic N) is 1. The normalized spacial score (nSPS) is 24.9. The third-order valence-electron chi connectivity index (χ3n) is 8.22. The first-order valence-corrected chi connectivity index (χ1v) is 14.1. The molecule has 1 saturated carbocycles. The number of carbonyl (C=O) groups is 1. The Balaban J connectivity index is 1.34. The summed E-state index contributed by atoms with van der Waals surface area (Å²) in [5, 5.41) is 0. The summed E-state index contributed by atoms with van der Waals surface area (Å²) in [4.78, 5) is 14.3. The van der Waals surface area contributed by atoms with Gasteiger partial charge in [0, 0.05) is 19.5 Å². The van der Waals surface area contributed by atoms with E-state index in [1.165, 1.54) is 122 Å². The minimum Gasteiger partial charge on any atom is -0.339 e. The van der Waals surface area contributed by atoms with Gasteiger partial charge in [0.2, 0.25) is 5.91 Å². The molecule has 2 nitrogen and oxygen atoms in total. The third-order valence-corrected chi connectivity index (χ3v) is 8.22. The van der Waals surface area contributed by atoms with Crippen molar-refractivity contribution >= 4 is 5.91 Å². The summed E-state index contributed by atoms with van der Waals surface area (Å²) in [6.45, 7) is 7.80. The van der Waals surface area contributed by atoms with E-state index in [-0.39, 0.29) is 0 Å². The Morgan fingerprint density at radius 3 is 1.84 bits per heavy atom. The van der Waals surface area contributed by atoms with Crippen LogP contribution in [-0.2, 0) is 4.79 Å². The third kappa shape index (κ3) is 11.6. The van der Waals surface area contributed by atoms with Gasteiger partial charge < -0.3 is 4.90 Å². The van der Waals surface area contributed by atoms with Crippen molar-refractivity contribution in [1.29, 1.82) is 0 Å². The molecule has 31 heavy (non-hydrogen) atoms. The molecule has 2 aliphatic rings. The van der Waals surface area contributed by atoms with Crippen LogP contribution in [0.4, 0.5) is 0 Å². The van der Waals surface area contributed by atoms with Crippen molar-refractivity contribution in [1.82, 2.24) is 4.90 Å². The summed E-state index contributed by atoms with van der Waals surface area (Å²) in [7, 11) is 0. The molecule has 1 amide bonds. The topological polar surface area (TPSA) is 20.3 Å². The monoisotopic (exact) mass is 431 g/mol. The van der Waals surface area contributed by atoms with E-state index in [4.69, 9.17) is 0 Å². The number of hydrogen-bond acceptors (Lipinski definition) is 1. The molecule has 0 radical (unpaired) electrons. The molecule has 1 aliphatic heterocycles. The zero-order valence-corrected chi connectivity index (χ0v) is 20.9. The Labute approximate surface area is 194 Å². The van der Waals surface area contributed by atoms with Gasteiger partial charge >= 0.3 is 0 Å². The fourth-order valence-electron chi connectivity index (χ4n) is 5.98. The van der Waals surface area contributed by atoms with Gasteiger partial charge in [-0.2, -0.15) is 0 Å². The average Bonchev–Trinajstić information content (AvgIpc) is 2.96. The first kappa shape index (κ1) is 26.5. The van der Waals surface area contributed by atoms with Gasteiger partial charge in [0.05, 0.1) is 0 Å². The van der Waals surface area contributed by atoms with Crippen molar-refractivity contribution in [2.75, 3.05) is 13.1 Å². The molecule has 2 heteroatoms. The van der Waals surface area contributed by atoms with E-state index in [0.29, 0.717) is 11.8 Å². The van der Waals surface area contributed by atoms with Gasteiger partial charge in [-0.05, 0) is 37.0 Å². The summed E-state index contributed by atoms with van der Waals surface area (Å²) < 4.78 is 0. The second-order valence-electron chi connectivity index (χ2n) is 10.7. The van der Waals surface area contributed by atoms with E-state index in [1.807, 2.05) is 11.0 Å². The van der Waals surface area contributed by atoms with Gasteiger partial charge in [0.15, 0.2) is 0 Å². The van der Waals surface area contributed by atoms with Crippen LogP contribution in [0.5, 0.6) is 0 Å². The summed E-state index contributed by atoms with van der Waals surface area (Å²) in [5.41, 5.74) is 0. The second-order valence-corrected chi connectivity index (χ2v) is 10.7. The van der Waals surface area contributed by atoms with E-state index in [0.717, 1.165) is 31.3 Å². The zero-order chi connectivity index (χ0) is 22.2. The number of likely N-dealkylation sites (tertiary alicyclic amines) is 1. The van der Waals surface area contributed by atoms with Crippen molar-refractivity contribution in [3.8, 4) is 0 Å². The molecular formula is C29H53NO. The molecule has 1 unspecified atom stereocenters. The number of hydrogen-bond donors (Lipinski definition) is 0. The molecule has 1 atom stereocenters. The average molecular weight is 432 g/mol. The van der Waals surface area contributed by atoms with Crippen LogP contribution in [0.2, 0.25) is 0 Å². The number of carbonyl (C=O) groups excluding carboxylic acids is 1. The van der Waals surface area contributed by atoms with E-state index in [2.05, 4.69) is 13.5 Å². The Kier molecular flexibility index (Phi) is 14.3. The maximum absolute atomic E-state index is 12.3. The molecule has 0 aromatic heterocycles. The van der Waals surface area contributed by atoms with E-state index >= 15 is 0 Å². The van der Waals surface area contributed by atoms with E-state index in [1.54, 1.807) is 0 Å². The van der Waals surface area contributed by atoms with Crippen molar-refractivity contribution in [3.63, 3.8) is 0 Å². The van der Waals surface area contributed by atoms with E-state index in [9.17, 15) is 4.79 Å². The van der Waals surface area contributed by atoms with Crippen molar-refractivity contribution in [2.45, 2.75) is 135 Å². The first-order chi connectivity index (χ1) is 15.2. The van der Waals surface area contributed by atoms with Gasteiger partial charge in [-0.25, -0.2) is 0 Å². The SMILES string of the molecule is C=CCN1CCCC(CCCCCCCCCCCCC2CCC(CC)CC2)CC1=O. The van der Waals surface area contributed by atoms with Gasteiger partial charge in [-0.1, -0.05) is 116 Å². The lowest BCUT2D eigenvalue weighted by Gasteiger charge is -2.27. The molecule has 180 valence electrons. The lowest BCUT2D eigenvalue weighted by Crippen LogP contribution is -2.30. The van der Waals surface area contributed by atoms with Gasteiger partial charge in [0.25, 0.3) is 0 Å². The highest BCUT2D eigenvalue weighted by Gasteiger charge is 2.22. The highest BCUT2D eigenvalue weighted by Crippen LogP contribution is 2.33. The fraction of sp³-hybridized carbons (Fsp3) is 0.897. The number of amides is 1. The number of unbranched alkanes of at least 4 members (excludes halogenated alkanes) is 9. The summed E-state index contributed by atoms with van der Waals surface area (Å²) in [5.74, 6) is 3.09. The standard InChI is InChI=1S/C29H53NO/c1-3-23-30-24-15-18-28(25-29(30)31)17-14-12-10-8-6-5-7-9-11-13-16-27-21-19-26(4-2)20-22-27/h3,26-28H,1,4-25H2,2H3. The maximum Gasteiger partial charge on any atom is 0.223 e. The summed E-state index contributed by atoms with van der Waals surface area (Å²) >= 11 is 0. The molecule has 2 fully saturated rings. The Morgan fingerprint density at radius 2 is 1.29 bits per heavy atom. The van der Waals surface area contributed by atoms with Crippen LogP contribution in [0.1, 0.15) is 135 Å². The molecule has 1 aliphatic carbocycles. The van der Waals surface area contributed by atoms with Gasteiger partial charge in [0.1, 0.15) is 0 Å². The van der Waals surface area contributed by atoms with Gasteiger partial charge in [-0.3, -0.25) is 4.79 Å². The van der Waals surface area contributed by atoms with Crippen molar-refractivity contribution in [2.24, 2.45) is 17.8 Å². The van der Waals surface area contributed by atoms with Crippen LogP contribution < -0.4 is 0 Å². The molecule has 1 heterocycles. The number of rotatable bonds is 16. The van der Waals surface area contributed by atoms with Gasteiger partial charge in [-0.15, -0.1) is 6.58 Å². The van der Waals surface area contributed by atoms with Crippen molar-refractivity contribution < 1.29 is 4.79 Å². The highest BCUT2D eigenvalue weighted by molar-refractivity contribution is 5.76. The zero-order valence-electron chi connectivity index (χ0n) is 20.9. The molecule has 0 N–H and O–H groups in total. The maximum atomic E-state index is 12.3. The highest BCUT2D eigenvalue weighted by atomic mass is 16.2. The smallest absolute Gasteiger partial charge is 0.223 e. The summed E-state index contributed by atoms with van der Waals surface area (Å²) in [6.07, 6.45) is 29.5. The molecule has 0 aromatic rings. The molecule has 1 saturated heterocycles. The van der Waals surface area contributed by atoms with Crippen LogP contribution in [0.3, 0.4) is 0 Å². The first-order valence-electron chi connectivity index (χ1n) is 14.1. The Bertz CT molecular complexity index is 465. The van der Waals surface area contributed by atoms with Crippen LogP contribution >= 0.6 is 0 Å². The van der Waals surface area contributed by atoms with Crippen LogP contribution in [0.15, 0.2) is 12.7 Å². The van der Waals surface area contributed by atoms with Crippen LogP contribution in [-0.4, -0.2) is 23.9 Å². The fourth-order valence-corrected chi connectivity index (χ4v) is 5.98. The lowest BCUT2D eigenvalue weighted by molar-refractivity contribution is -0.130.